The Morgan fingerprint density at radius 1 is 1.22 bits per heavy atom. The molecule has 6 heteroatoms. The minimum absolute atomic E-state index is 0.249. The van der Waals surface area contributed by atoms with E-state index in [1.165, 1.54) is 5.56 Å². The van der Waals surface area contributed by atoms with E-state index >= 15 is 0 Å². The van der Waals surface area contributed by atoms with E-state index in [2.05, 4.69) is 22.6 Å². The van der Waals surface area contributed by atoms with E-state index in [0.29, 0.717) is 5.90 Å². The van der Waals surface area contributed by atoms with E-state index < -0.39 is 0 Å². The van der Waals surface area contributed by atoms with Crippen LogP contribution in [-0.2, 0) is 15.3 Å². The molecule has 2 heterocycles. The van der Waals surface area contributed by atoms with Crippen molar-refractivity contribution in [1.29, 1.82) is 0 Å². The lowest BCUT2D eigenvalue weighted by Gasteiger charge is -2.35. The van der Waals surface area contributed by atoms with Crippen molar-refractivity contribution in [3.05, 3.63) is 35.9 Å². The number of rotatable bonds is 2. The van der Waals surface area contributed by atoms with Crippen LogP contribution in [0.25, 0.3) is 0 Å². The zero-order valence-electron chi connectivity index (χ0n) is 10.0. The van der Waals surface area contributed by atoms with E-state index in [1.54, 1.807) is 0 Å². The van der Waals surface area contributed by atoms with Crippen LogP contribution in [-0.4, -0.2) is 24.3 Å². The molecule has 3 N–H and O–H groups in total. The molecule has 3 rings (SSSR count). The molecule has 0 amide bonds. The summed E-state index contributed by atoms with van der Waals surface area (Å²) in [7, 11) is 0. The molecule has 0 unspecified atom stereocenters. The molecule has 0 atom stereocenters. The lowest BCUT2D eigenvalue weighted by atomic mass is 9.73. The molecule has 0 aromatic heterocycles. The van der Waals surface area contributed by atoms with Crippen LogP contribution >= 0.6 is 0 Å². The highest BCUT2D eigenvalue weighted by atomic mass is 17.3. The molecule has 2 aliphatic heterocycles. The van der Waals surface area contributed by atoms with Gasteiger partial charge in [0, 0.05) is 0 Å². The molecule has 0 radical (unpaired) electrons. The van der Waals surface area contributed by atoms with Crippen LogP contribution in [0, 0.1) is 0 Å². The largest absolute Gasteiger partial charge is 0.317 e. The monoisotopic (exact) mass is 248 g/mol. The fourth-order valence-corrected chi connectivity index (χ4v) is 2.61. The first-order valence-electron chi connectivity index (χ1n) is 6.06. The standard InChI is InChI=1S/C12H16N4O2/c13-16-15-11(17-18-16)12(6-8-14-9-7-12)10-4-2-1-3-5-10/h1-5,14H,6-9,13H2. The van der Waals surface area contributed by atoms with Crippen LogP contribution < -0.4 is 11.2 Å². The van der Waals surface area contributed by atoms with Gasteiger partial charge in [-0.1, -0.05) is 40.7 Å². The molecular weight excluding hydrogens is 232 g/mol. The van der Waals surface area contributed by atoms with Gasteiger partial charge in [-0.15, -0.1) is 0 Å². The van der Waals surface area contributed by atoms with Crippen LogP contribution in [0.5, 0.6) is 0 Å². The smallest absolute Gasteiger partial charge is 0.266 e. The number of nitrogens with zero attached hydrogens (tertiary/aromatic N) is 2. The number of nitrogens with one attached hydrogen (secondary N) is 1. The lowest BCUT2D eigenvalue weighted by Crippen LogP contribution is -2.45. The Kier molecular flexibility index (Phi) is 2.91. The first-order chi connectivity index (χ1) is 8.81. The molecule has 1 saturated heterocycles. The Morgan fingerprint density at radius 2 is 1.94 bits per heavy atom. The molecule has 1 fully saturated rings. The fraction of sp³-hybridized carbons (Fsp3) is 0.417. The average molecular weight is 248 g/mol. The summed E-state index contributed by atoms with van der Waals surface area (Å²) in [6.07, 6.45) is 1.82. The molecule has 0 saturated carbocycles. The van der Waals surface area contributed by atoms with E-state index in [4.69, 9.17) is 15.7 Å². The van der Waals surface area contributed by atoms with Crippen molar-refractivity contribution < 1.29 is 9.88 Å². The molecule has 6 nitrogen and oxygen atoms in total. The van der Waals surface area contributed by atoms with Crippen LogP contribution in [0.1, 0.15) is 18.4 Å². The zero-order chi connectivity index (χ0) is 12.4. The second kappa shape index (κ2) is 4.56. The quantitative estimate of drug-likeness (QED) is 0.594. The molecular formula is C12H16N4O2. The second-order valence-corrected chi connectivity index (χ2v) is 4.56. The first-order valence-corrected chi connectivity index (χ1v) is 6.06. The van der Waals surface area contributed by atoms with Gasteiger partial charge in [-0.25, -0.2) is 5.84 Å². The van der Waals surface area contributed by atoms with Gasteiger partial charge in [0.15, 0.2) is 0 Å². The van der Waals surface area contributed by atoms with E-state index in [-0.39, 0.29) is 5.41 Å². The summed E-state index contributed by atoms with van der Waals surface area (Å²) in [6.45, 7) is 1.84. The van der Waals surface area contributed by atoms with Gasteiger partial charge in [0.1, 0.15) is 0 Å². The van der Waals surface area contributed by atoms with Crippen molar-refractivity contribution in [2.45, 2.75) is 18.3 Å². The SMILES string of the molecule is NN1N=C(C2(c3ccccc3)CCNCC2)OO1. The maximum absolute atomic E-state index is 5.45. The van der Waals surface area contributed by atoms with Gasteiger partial charge in [0.05, 0.1) is 5.41 Å². The third-order valence-corrected chi connectivity index (χ3v) is 3.57. The Morgan fingerprint density at radius 3 is 2.56 bits per heavy atom. The number of nitrogens with two attached hydrogens (primary N) is 1. The van der Waals surface area contributed by atoms with Gasteiger partial charge >= 0.3 is 0 Å². The lowest BCUT2D eigenvalue weighted by molar-refractivity contribution is -0.360. The third kappa shape index (κ3) is 1.84. The molecule has 1 aromatic carbocycles. The Bertz CT molecular complexity index is 443. The summed E-state index contributed by atoms with van der Waals surface area (Å²) < 4.78 is 0. The average Bonchev–Trinajstić information content (AvgIpc) is 2.88. The molecule has 0 aliphatic carbocycles. The summed E-state index contributed by atoms with van der Waals surface area (Å²) in [6, 6.07) is 10.2. The highest BCUT2D eigenvalue weighted by Crippen LogP contribution is 2.36. The van der Waals surface area contributed by atoms with Crippen molar-refractivity contribution in [3.8, 4) is 0 Å². The van der Waals surface area contributed by atoms with Gasteiger partial charge in [0.25, 0.3) is 5.90 Å². The normalized spacial score (nSPS) is 22.5. The van der Waals surface area contributed by atoms with Crippen LogP contribution in [0.4, 0.5) is 0 Å². The maximum atomic E-state index is 5.45. The van der Waals surface area contributed by atoms with Crippen molar-refractivity contribution in [2.24, 2.45) is 10.9 Å². The van der Waals surface area contributed by atoms with Crippen molar-refractivity contribution >= 4 is 5.90 Å². The minimum Gasteiger partial charge on any atom is -0.317 e. The highest BCUT2D eigenvalue weighted by molar-refractivity contribution is 5.88. The maximum Gasteiger partial charge on any atom is 0.266 e. The second-order valence-electron chi connectivity index (χ2n) is 4.56. The number of hydrogen-bond donors (Lipinski definition) is 2. The Hall–Kier alpha value is -1.63. The van der Waals surface area contributed by atoms with Crippen LogP contribution in [0.3, 0.4) is 0 Å². The number of hydrogen-bond acceptors (Lipinski definition) is 6. The van der Waals surface area contributed by atoms with Crippen molar-refractivity contribution in [2.75, 3.05) is 13.1 Å². The summed E-state index contributed by atoms with van der Waals surface area (Å²) in [4.78, 5) is 9.94. The molecule has 0 bridgehead atoms. The van der Waals surface area contributed by atoms with Gasteiger partial charge in [-0.05, 0) is 36.5 Å². The van der Waals surface area contributed by atoms with E-state index in [9.17, 15) is 0 Å². The van der Waals surface area contributed by atoms with Crippen LogP contribution in [0.2, 0.25) is 0 Å². The summed E-state index contributed by atoms with van der Waals surface area (Å²) >= 11 is 0. The third-order valence-electron chi connectivity index (χ3n) is 3.57. The summed E-state index contributed by atoms with van der Waals surface area (Å²) in [5.41, 5.74) is 0.935. The predicted octanol–water partition coefficient (Wildman–Crippen LogP) is 0.674. The zero-order valence-corrected chi connectivity index (χ0v) is 10.0. The van der Waals surface area contributed by atoms with Gasteiger partial charge in [0.2, 0.25) is 0 Å². The summed E-state index contributed by atoms with van der Waals surface area (Å²) in [5.74, 6) is 5.99. The molecule has 2 aliphatic rings. The summed E-state index contributed by atoms with van der Waals surface area (Å²) in [5, 5.41) is 8.33. The number of piperidine rings is 1. The van der Waals surface area contributed by atoms with E-state index in [0.717, 1.165) is 31.2 Å². The van der Waals surface area contributed by atoms with Gasteiger partial charge < -0.3 is 5.32 Å². The number of hydrazine groups is 1. The number of benzene rings is 1. The first kappa shape index (κ1) is 11.5. The number of hydrazone groups is 1. The van der Waals surface area contributed by atoms with E-state index in [1.807, 2.05) is 18.2 Å². The molecule has 0 spiro atoms. The minimum atomic E-state index is -0.249. The predicted molar refractivity (Wildman–Crippen MR) is 65.9 cm³/mol. The highest BCUT2D eigenvalue weighted by Gasteiger charge is 2.44. The fourth-order valence-electron chi connectivity index (χ4n) is 2.61. The molecule has 1 aromatic rings. The topological polar surface area (TPSA) is 72.1 Å². The Labute approximate surface area is 105 Å². The molecule has 96 valence electrons. The van der Waals surface area contributed by atoms with Crippen LogP contribution in [0.15, 0.2) is 35.4 Å². The van der Waals surface area contributed by atoms with Gasteiger partial charge in [-0.3, -0.25) is 4.89 Å². The molecule has 18 heavy (non-hydrogen) atoms. The van der Waals surface area contributed by atoms with Gasteiger partial charge in [-0.2, -0.15) is 0 Å². The van der Waals surface area contributed by atoms with Crippen molar-refractivity contribution in [3.63, 3.8) is 0 Å². The van der Waals surface area contributed by atoms with Crippen molar-refractivity contribution in [1.82, 2.24) is 10.6 Å². The Balaban J connectivity index is 2.01.